The highest BCUT2D eigenvalue weighted by atomic mass is 16.1. The summed E-state index contributed by atoms with van der Waals surface area (Å²) in [6, 6.07) is 7.38. The number of carbonyl (C=O) groups is 1. The molecule has 132 valence electrons. The Morgan fingerprint density at radius 3 is 1.83 bits per heavy atom. The van der Waals surface area contributed by atoms with Crippen molar-refractivity contribution in [3.8, 4) is 0 Å². The third-order valence-corrected chi connectivity index (χ3v) is 4.27. The van der Waals surface area contributed by atoms with Gasteiger partial charge in [0.05, 0.1) is 0 Å². The number of para-hydroxylation sites is 1. The first-order valence-electron chi connectivity index (χ1n) is 9.13. The number of nitrogens with two attached hydrogens (primary N) is 1. The van der Waals surface area contributed by atoms with E-state index in [1.54, 1.807) is 6.07 Å². The van der Waals surface area contributed by atoms with E-state index in [9.17, 15) is 4.79 Å². The molecular formula is C20H35NO2. The number of hydrogen-bond acceptors (Lipinski definition) is 2. The molecule has 1 aromatic rings. The van der Waals surface area contributed by atoms with Crippen LogP contribution >= 0.6 is 0 Å². The minimum atomic E-state index is 0. The minimum absolute atomic E-state index is 0. The van der Waals surface area contributed by atoms with Crippen molar-refractivity contribution in [2.24, 2.45) is 0 Å². The molecule has 0 saturated heterocycles. The molecule has 3 heteroatoms. The van der Waals surface area contributed by atoms with Gasteiger partial charge in [0.15, 0.2) is 5.78 Å². The maximum Gasteiger partial charge on any atom is 0.164 e. The van der Waals surface area contributed by atoms with Crippen LogP contribution in [0.4, 0.5) is 5.69 Å². The highest BCUT2D eigenvalue weighted by Crippen LogP contribution is 2.16. The Balaban J connectivity index is 0.00000484. The second-order valence-corrected chi connectivity index (χ2v) is 6.30. The van der Waals surface area contributed by atoms with Gasteiger partial charge >= 0.3 is 0 Å². The third-order valence-electron chi connectivity index (χ3n) is 4.27. The summed E-state index contributed by atoms with van der Waals surface area (Å²) in [4.78, 5) is 12.0. The first-order valence-corrected chi connectivity index (χ1v) is 9.13. The molecule has 3 nitrogen and oxygen atoms in total. The minimum Gasteiger partial charge on any atom is -0.412 e. The van der Waals surface area contributed by atoms with E-state index >= 15 is 0 Å². The molecule has 0 aliphatic heterocycles. The quantitative estimate of drug-likeness (QED) is 0.303. The fraction of sp³-hybridized carbons (Fsp3) is 0.650. The number of rotatable bonds is 13. The zero-order valence-corrected chi connectivity index (χ0v) is 14.8. The van der Waals surface area contributed by atoms with Gasteiger partial charge in [0.25, 0.3) is 0 Å². The third kappa shape index (κ3) is 10.1. The first kappa shape index (κ1) is 21.6. The average molecular weight is 322 g/mol. The molecule has 0 aliphatic rings. The molecular weight excluding hydrogens is 286 g/mol. The standard InChI is InChI=1S/C20H33NO.H2O/c1-2-3-4-5-6-7-8-9-10-11-12-17-20(22)18-15-13-14-16-19(18)21;/h13-16H,2-12,17,21H2,1H3;1H2. The zero-order chi connectivity index (χ0) is 16.0. The number of Topliss-reactive ketones (excluding diaryl/α,β-unsaturated/α-hetero) is 1. The number of benzene rings is 1. The molecule has 0 atom stereocenters. The van der Waals surface area contributed by atoms with Gasteiger partial charge in [0.2, 0.25) is 0 Å². The Bertz CT molecular complexity index is 418. The van der Waals surface area contributed by atoms with Crippen LogP contribution in [-0.2, 0) is 0 Å². The summed E-state index contributed by atoms with van der Waals surface area (Å²) in [7, 11) is 0. The fourth-order valence-corrected chi connectivity index (χ4v) is 2.84. The smallest absolute Gasteiger partial charge is 0.164 e. The number of nitrogen functional groups attached to an aromatic ring is 1. The van der Waals surface area contributed by atoms with E-state index in [0.29, 0.717) is 17.7 Å². The second-order valence-electron chi connectivity index (χ2n) is 6.30. The predicted octanol–water partition coefficient (Wildman–Crippen LogP) is 5.33. The molecule has 0 fully saturated rings. The lowest BCUT2D eigenvalue weighted by atomic mass is 10.0. The van der Waals surface area contributed by atoms with Gasteiger partial charge < -0.3 is 11.2 Å². The van der Waals surface area contributed by atoms with E-state index in [1.807, 2.05) is 18.2 Å². The normalized spacial score (nSPS) is 10.3. The molecule has 0 unspecified atom stereocenters. The van der Waals surface area contributed by atoms with E-state index in [-0.39, 0.29) is 11.3 Å². The Labute approximate surface area is 142 Å². The molecule has 0 radical (unpaired) electrons. The lowest BCUT2D eigenvalue weighted by Gasteiger charge is -2.05. The Morgan fingerprint density at radius 1 is 0.826 bits per heavy atom. The van der Waals surface area contributed by atoms with Crippen molar-refractivity contribution in [1.82, 2.24) is 0 Å². The molecule has 1 rings (SSSR count). The molecule has 1 aromatic carbocycles. The predicted molar refractivity (Wildman–Crippen MR) is 99.9 cm³/mol. The molecule has 4 N–H and O–H groups in total. The van der Waals surface area contributed by atoms with E-state index in [1.165, 1.54) is 57.8 Å². The second kappa shape index (κ2) is 14.3. The highest BCUT2D eigenvalue weighted by molar-refractivity contribution is 6.00. The fourth-order valence-electron chi connectivity index (χ4n) is 2.84. The Kier molecular flexibility index (Phi) is 13.4. The maximum absolute atomic E-state index is 12.0. The molecule has 0 heterocycles. The van der Waals surface area contributed by atoms with Crippen LogP contribution < -0.4 is 5.73 Å². The van der Waals surface area contributed by atoms with Gasteiger partial charge in [0.1, 0.15) is 0 Å². The van der Waals surface area contributed by atoms with Crippen LogP contribution in [-0.4, -0.2) is 11.3 Å². The van der Waals surface area contributed by atoms with E-state index in [2.05, 4.69) is 6.92 Å². The molecule has 0 spiro atoms. The van der Waals surface area contributed by atoms with Crippen LogP contribution in [0.3, 0.4) is 0 Å². The van der Waals surface area contributed by atoms with Crippen LogP contribution in [0.25, 0.3) is 0 Å². The summed E-state index contributed by atoms with van der Waals surface area (Å²) in [5.41, 5.74) is 7.13. The molecule has 0 aliphatic carbocycles. The van der Waals surface area contributed by atoms with Gasteiger partial charge in [-0.05, 0) is 18.6 Å². The van der Waals surface area contributed by atoms with Crippen molar-refractivity contribution < 1.29 is 10.3 Å². The largest absolute Gasteiger partial charge is 0.412 e. The maximum atomic E-state index is 12.0. The van der Waals surface area contributed by atoms with E-state index in [0.717, 1.165) is 12.8 Å². The first-order chi connectivity index (χ1) is 10.8. The Morgan fingerprint density at radius 2 is 1.30 bits per heavy atom. The zero-order valence-electron chi connectivity index (χ0n) is 14.8. The molecule has 0 amide bonds. The van der Waals surface area contributed by atoms with Gasteiger partial charge in [-0.1, -0.05) is 83.3 Å². The van der Waals surface area contributed by atoms with Crippen molar-refractivity contribution in [2.75, 3.05) is 5.73 Å². The number of ketones is 1. The van der Waals surface area contributed by atoms with Gasteiger partial charge in [-0.3, -0.25) is 4.79 Å². The number of anilines is 1. The summed E-state index contributed by atoms with van der Waals surface area (Å²) in [5.74, 6) is 0.189. The van der Waals surface area contributed by atoms with Crippen molar-refractivity contribution in [3.63, 3.8) is 0 Å². The molecule has 0 bridgehead atoms. The van der Waals surface area contributed by atoms with Crippen molar-refractivity contribution in [2.45, 2.75) is 84.0 Å². The van der Waals surface area contributed by atoms with Gasteiger partial charge in [-0.25, -0.2) is 0 Å². The van der Waals surface area contributed by atoms with Crippen LogP contribution in [0, 0.1) is 0 Å². The SMILES string of the molecule is CCCCCCCCCCCCCC(=O)c1ccccc1N.O. The summed E-state index contributed by atoms with van der Waals surface area (Å²) in [6.07, 6.45) is 15.0. The summed E-state index contributed by atoms with van der Waals surface area (Å²) < 4.78 is 0. The van der Waals surface area contributed by atoms with Crippen molar-refractivity contribution >= 4 is 11.5 Å². The topological polar surface area (TPSA) is 74.6 Å². The molecule has 0 saturated carbocycles. The lowest BCUT2D eigenvalue weighted by Crippen LogP contribution is -2.03. The average Bonchev–Trinajstić information content (AvgIpc) is 2.53. The monoisotopic (exact) mass is 321 g/mol. The van der Waals surface area contributed by atoms with E-state index in [4.69, 9.17) is 5.73 Å². The van der Waals surface area contributed by atoms with Gasteiger partial charge in [0, 0.05) is 17.7 Å². The number of carbonyl (C=O) groups excluding carboxylic acids is 1. The van der Waals surface area contributed by atoms with E-state index < -0.39 is 0 Å². The van der Waals surface area contributed by atoms with Crippen molar-refractivity contribution in [1.29, 1.82) is 0 Å². The van der Waals surface area contributed by atoms with Crippen LogP contribution in [0.2, 0.25) is 0 Å². The summed E-state index contributed by atoms with van der Waals surface area (Å²) in [6.45, 7) is 2.26. The van der Waals surface area contributed by atoms with Gasteiger partial charge in [-0.2, -0.15) is 0 Å². The van der Waals surface area contributed by atoms with Gasteiger partial charge in [-0.15, -0.1) is 0 Å². The summed E-state index contributed by atoms with van der Waals surface area (Å²) >= 11 is 0. The number of hydrogen-bond donors (Lipinski definition) is 1. The lowest BCUT2D eigenvalue weighted by molar-refractivity contribution is 0.0980. The molecule has 0 aromatic heterocycles. The highest BCUT2D eigenvalue weighted by Gasteiger charge is 2.08. The van der Waals surface area contributed by atoms with Crippen LogP contribution in [0.1, 0.15) is 94.3 Å². The number of unbranched alkanes of at least 4 members (excludes halogenated alkanes) is 10. The molecule has 23 heavy (non-hydrogen) atoms. The Hall–Kier alpha value is -1.35. The van der Waals surface area contributed by atoms with Crippen molar-refractivity contribution in [3.05, 3.63) is 29.8 Å². The van der Waals surface area contributed by atoms with Crippen LogP contribution in [0.5, 0.6) is 0 Å². The van der Waals surface area contributed by atoms with Crippen LogP contribution in [0.15, 0.2) is 24.3 Å². The summed E-state index contributed by atoms with van der Waals surface area (Å²) in [5, 5.41) is 0.